The van der Waals surface area contributed by atoms with E-state index in [0.29, 0.717) is 40.3 Å². The van der Waals surface area contributed by atoms with Crippen LogP contribution in [0, 0.1) is 11.8 Å². The first-order chi connectivity index (χ1) is 20.6. The Hall–Kier alpha value is -3.28. The summed E-state index contributed by atoms with van der Waals surface area (Å²) in [5.74, 6) is 6.24. The van der Waals surface area contributed by atoms with E-state index in [9.17, 15) is 27.6 Å². The van der Waals surface area contributed by atoms with Gasteiger partial charge in [0.2, 0.25) is 0 Å². The molecule has 1 aliphatic carbocycles. The van der Waals surface area contributed by atoms with Crippen molar-refractivity contribution in [3.63, 3.8) is 0 Å². The first-order valence-electron chi connectivity index (χ1n) is 14.1. The highest BCUT2D eigenvalue weighted by Gasteiger charge is 2.30. The third-order valence-corrected chi connectivity index (χ3v) is 8.34. The second kappa shape index (κ2) is 14.9. The number of benzene rings is 2. The van der Waals surface area contributed by atoms with Crippen LogP contribution in [-0.4, -0.2) is 82.1 Å². The molecule has 6 N–H and O–H groups in total. The fourth-order valence-corrected chi connectivity index (χ4v) is 6.04. The van der Waals surface area contributed by atoms with Crippen molar-refractivity contribution in [3.05, 3.63) is 48.2 Å². The molecular weight excluding hydrogens is 583 g/mol. The van der Waals surface area contributed by atoms with Gasteiger partial charge in [0.05, 0.1) is 48.7 Å². The van der Waals surface area contributed by atoms with E-state index in [1.807, 2.05) is 6.07 Å². The van der Waals surface area contributed by atoms with Crippen LogP contribution in [-0.2, 0) is 17.5 Å². The zero-order valence-corrected chi connectivity index (χ0v) is 24.8. The Labute approximate surface area is 251 Å². The molecule has 4 rings (SSSR count). The molecule has 1 heterocycles. The Morgan fingerprint density at radius 1 is 1.09 bits per heavy atom. The maximum absolute atomic E-state index is 13.6. The van der Waals surface area contributed by atoms with Crippen molar-refractivity contribution in [2.24, 2.45) is 5.14 Å². The smallest absolute Gasteiger partial charge is 0.406 e. The number of anilines is 2. The van der Waals surface area contributed by atoms with Crippen LogP contribution in [0.3, 0.4) is 0 Å². The molecule has 9 nitrogen and oxygen atoms in total. The lowest BCUT2D eigenvalue weighted by Crippen LogP contribution is -2.43. The number of ether oxygens (including phenoxy) is 1. The lowest BCUT2D eigenvalue weighted by molar-refractivity contribution is -0.140. The molecule has 3 aromatic rings. The average molecular weight is 622 g/mol. The highest BCUT2D eigenvalue weighted by molar-refractivity contribution is 7.82. The fourth-order valence-electron chi connectivity index (χ4n) is 5.62. The average Bonchev–Trinajstić information content (AvgIpc) is 3.32. The Morgan fingerprint density at radius 3 is 2.44 bits per heavy atom. The molecule has 1 fully saturated rings. The van der Waals surface area contributed by atoms with Gasteiger partial charge in [-0.1, -0.05) is 12.0 Å². The van der Waals surface area contributed by atoms with Gasteiger partial charge >= 0.3 is 6.18 Å². The molecule has 2 aromatic carbocycles. The normalized spacial score (nSPS) is 17.9. The van der Waals surface area contributed by atoms with Gasteiger partial charge < -0.3 is 30.2 Å². The molecule has 0 bridgehead atoms. The van der Waals surface area contributed by atoms with Crippen LogP contribution in [0.25, 0.3) is 10.9 Å². The Kier molecular flexibility index (Phi) is 11.3. The highest BCUT2D eigenvalue weighted by Crippen LogP contribution is 2.33. The minimum absolute atomic E-state index is 0.0373. The Bertz CT molecular complexity index is 1460. The second-order valence-corrected chi connectivity index (χ2v) is 11.5. The third-order valence-electron chi connectivity index (χ3n) is 7.62. The fraction of sp³-hybridized carbons (Fsp3) is 0.467. The number of hydrogen-bond acceptors (Lipinski definition) is 7. The van der Waals surface area contributed by atoms with Gasteiger partial charge in [-0.2, -0.15) is 13.2 Å². The summed E-state index contributed by atoms with van der Waals surface area (Å²) in [6, 6.07) is 12.2. The lowest BCUT2D eigenvalue weighted by atomic mass is 9.89. The number of fused-ring (bicyclic) bond motifs is 1. The van der Waals surface area contributed by atoms with E-state index in [1.165, 1.54) is 11.7 Å². The van der Waals surface area contributed by atoms with Crippen LogP contribution in [0.4, 0.5) is 24.5 Å². The number of nitrogens with two attached hydrogens (primary N) is 1. The number of rotatable bonds is 12. The molecule has 1 atom stereocenters. The van der Waals surface area contributed by atoms with Gasteiger partial charge in [-0.3, -0.25) is 4.90 Å². The zero-order chi connectivity index (χ0) is 31.0. The zero-order valence-electron chi connectivity index (χ0n) is 24.0. The maximum atomic E-state index is 13.6. The molecule has 1 aromatic heterocycles. The standard InChI is InChI=1S/C30H38F3N5O4S/c1-42-29-19-24(43(34)41)11-12-27(29)35-13-3-4-23-18-25-26(5-2-6-28(25)38(23)20-30(31,32)33)36-21-7-9-22(10-8-21)37(14-16-39)15-17-40/h2,5-6,11-12,18-19,21-22,35-36,39-40H,7-10,13-17,20,34H2,1H3. The van der Waals surface area contributed by atoms with Gasteiger partial charge in [0, 0.05) is 36.2 Å². The first-order valence-corrected chi connectivity index (χ1v) is 15.3. The summed E-state index contributed by atoms with van der Waals surface area (Å²) < 4.78 is 58.9. The number of halogens is 3. The number of aliphatic hydroxyl groups excluding tert-OH is 2. The summed E-state index contributed by atoms with van der Waals surface area (Å²) in [5, 5.41) is 31.5. The Morgan fingerprint density at radius 2 is 1.81 bits per heavy atom. The molecule has 1 saturated carbocycles. The van der Waals surface area contributed by atoms with E-state index in [-0.39, 0.29) is 37.5 Å². The molecule has 0 radical (unpaired) electrons. The molecule has 43 heavy (non-hydrogen) atoms. The number of alkyl halides is 3. The topological polar surface area (TPSA) is 125 Å². The van der Waals surface area contributed by atoms with E-state index in [2.05, 4.69) is 27.4 Å². The predicted octanol–water partition coefficient (Wildman–Crippen LogP) is 3.67. The van der Waals surface area contributed by atoms with E-state index < -0.39 is 23.7 Å². The lowest BCUT2D eigenvalue weighted by Gasteiger charge is -2.37. The van der Waals surface area contributed by atoms with Crippen LogP contribution in [0.1, 0.15) is 31.4 Å². The summed E-state index contributed by atoms with van der Waals surface area (Å²) in [6.07, 6.45) is -0.924. The van der Waals surface area contributed by atoms with Crippen LogP contribution < -0.4 is 20.5 Å². The van der Waals surface area contributed by atoms with Crippen LogP contribution in [0.2, 0.25) is 0 Å². The van der Waals surface area contributed by atoms with Crippen molar-refractivity contribution in [3.8, 4) is 17.6 Å². The van der Waals surface area contributed by atoms with E-state index >= 15 is 0 Å². The highest BCUT2D eigenvalue weighted by atomic mass is 32.2. The van der Waals surface area contributed by atoms with Gasteiger partial charge in [-0.15, -0.1) is 0 Å². The summed E-state index contributed by atoms with van der Waals surface area (Å²) >= 11 is 0. The number of hydrogen-bond donors (Lipinski definition) is 5. The molecular formula is C30H38F3N5O4S. The Balaban J connectivity index is 1.52. The van der Waals surface area contributed by atoms with E-state index in [0.717, 1.165) is 31.4 Å². The third kappa shape index (κ3) is 8.64. The summed E-state index contributed by atoms with van der Waals surface area (Å²) in [5.41, 5.74) is 2.03. The minimum atomic E-state index is -4.43. The van der Waals surface area contributed by atoms with Gasteiger partial charge in [-0.25, -0.2) is 9.35 Å². The summed E-state index contributed by atoms with van der Waals surface area (Å²) in [6.45, 7) is 0.0770. The van der Waals surface area contributed by atoms with Gasteiger partial charge in [-0.05, 0) is 68.0 Å². The number of nitrogens with zero attached hydrogens (tertiary/aromatic N) is 2. The van der Waals surface area contributed by atoms with Crippen molar-refractivity contribution < 1.29 is 32.3 Å². The van der Waals surface area contributed by atoms with Crippen molar-refractivity contribution in [2.75, 3.05) is 50.6 Å². The number of aliphatic hydroxyl groups is 2. The molecule has 1 unspecified atom stereocenters. The molecule has 1 aliphatic rings. The molecule has 0 saturated heterocycles. The van der Waals surface area contributed by atoms with E-state index in [4.69, 9.17) is 9.88 Å². The summed E-state index contributed by atoms with van der Waals surface area (Å²) in [4.78, 5) is 2.51. The van der Waals surface area contributed by atoms with Crippen molar-refractivity contribution in [1.29, 1.82) is 0 Å². The van der Waals surface area contributed by atoms with Crippen LogP contribution in [0.5, 0.6) is 5.75 Å². The van der Waals surface area contributed by atoms with Crippen molar-refractivity contribution in [1.82, 2.24) is 9.47 Å². The van der Waals surface area contributed by atoms with Gasteiger partial charge in [0.1, 0.15) is 23.3 Å². The second-order valence-electron chi connectivity index (χ2n) is 10.4. The predicted molar refractivity (Wildman–Crippen MR) is 162 cm³/mol. The molecule has 234 valence electrons. The number of methoxy groups -OCH3 is 1. The largest absolute Gasteiger partial charge is 0.495 e. The monoisotopic (exact) mass is 621 g/mol. The van der Waals surface area contributed by atoms with Gasteiger partial charge in [0.25, 0.3) is 0 Å². The van der Waals surface area contributed by atoms with Crippen LogP contribution in [0.15, 0.2) is 47.4 Å². The number of nitrogens with one attached hydrogen (secondary N) is 2. The van der Waals surface area contributed by atoms with E-state index in [1.54, 1.807) is 36.4 Å². The molecule has 0 aliphatic heterocycles. The molecule has 0 amide bonds. The molecule has 0 spiro atoms. The molecule has 13 heteroatoms. The maximum Gasteiger partial charge on any atom is 0.406 e. The number of aromatic nitrogens is 1. The van der Waals surface area contributed by atoms with Crippen LogP contribution >= 0.6 is 0 Å². The van der Waals surface area contributed by atoms with Crippen molar-refractivity contribution >= 4 is 33.3 Å². The quantitative estimate of drug-likeness (QED) is 0.196. The summed E-state index contributed by atoms with van der Waals surface area (Å²) in [7, 11) is -0.201. The first kappa shape index (κ1) is 32.6. The SMILES string of the molecule is COc1cc(S(N)=O)ccc1NCC#Cc1cc2c(NC3CCC(N(CCO)CCO)CC3)cccc2n1CC(F)(F)F. The van der Waals surface area contributed by atoms with Crippen molar-refractivity contribution in [2.45, 2.75) is 55.4 Å². The van der Waals surface area contributed by atoms with Gasteiger partial charge in [0.15, 0.2) is 0 Å². The minimum Gasteiger partial charge on any atom is -0.495 e.